The maximum atomic E-state index is 12.6. The number of hydrogen-bond donors (Lipinski definition) is 1. The van der Waals surface area contributed by atoms with E-state index in [4.69, 9.17) is 0 Å². The van der Waals surface area contributed by atoms with Gasteiger partial charge < -0.3 is 4.90 Å². The summed E-state index contributed by atoms with van der Waals surface area (Å²) in [6.45, 7) is 5.33. The van der Waals surface area contributed by atoms with E-state index < -0.39 is 0 Å². The fourth-order valence-electron chi connectivity index (χ4n) is 3.32. The molecule has 2 atom stereocenters. The summed E-state index contributed by atoms with van der Waals surface area (Å²) in [5, 5.41) is 3.59. The molecule has 1 amide bonds. The number of nitrogens with one attached hydrogen (secondary N) is 1. The van der Waals surface area contributed by atoms with Crippen molar-refractivity contribution < 1.29 is 4.79 Å². The number of carbonyl (C=O) groups is 1. The first-order valence-corrected chi connectivity index (χ1v) is 7.88. The first kappa shape index (κ1) is 13.4. The van der Waals surface area contributed by atoms with Crippen LogP contribution in [0.5, 0.6) is 0 Å². The van der Waals surface area contributed by atoms with Crippen LogP contribution in [0.4, 0.5) is 0 Å². The van der Waals surface area contributed by atoms with Crippen LogP contribution in [0.25, 0.3) is 0 Å². The molecule has 0 aromatic carbocycles. The van der Waals surface area contributed by atoms with E-state index in [2.05, 4.69) is 36.0 Å². The lowest BCUT2D eigenvalue weighted by Crippen LogP contribution is -2.46. The number of amides is 1. The fraction of sp³-hybridized carbons (Fsp3) is 0.933. The molecule has 0 aromatic heterocycles. The van der Waals surface area contributed by atoms with Crippen molar-refractivity contribution in [2.75, 3.05) is 13.6 Å². The highest BCUT2D eigenvalue weighted by Crippen LogP contribution is 2.43. The summed E-state index contributed by atoms with van der Waals surface area (Å²) in [5.41, 5.74) is -0.155. The van der Waals surface area contributed by atoms with Crippen LogP contribution in [0.3, 0.4) is 0 Å². The second-order valence-corrected chi connectivity index (χ2v) is 6.73. The van der Waals surface area contributed by atoms with E-state index in [1.807, 2.05) is 0 Å². The molecule has 19 heavy (non-hydrogen) atoms. The predicted molar refractivity (Wildman–Crippen MR) is 75.8 cm³/mol. The van der Waals surface area contributed by atoms with E-state index >= 15 is 0 Å². The van der Waals surface area contributed by atoms with Crippen LogP contribution in [-0.2, 0) is 4.79 Å². The van der Waals surface area contributed by atoms with Gasteiger partial charge >= 0.3 is 0 Å². The van der Waals surface area contributed by atoms with Gasteiger partial charge in [-0.1, -0.05) is 13.3 Å². The Kier molecular flexibility index (Phi) is 3.34. The van der Waals surface area contributed by atoms with Gasteiger partial charge in [-0.15, -0.1) is 0 Å². The molecular weight excluding hydrogens is 238 g/mol. The molecule has 0 radical (unpaired) electrons. The topological polar surface area (TPSA) is 35.6 Å². The van der Waals surface area contributed by atoms with Crippen molar-refractivity contribution in [2.24, 2.45) is 0 Å². The molecule has 3 fully saturated rings. The zero-order valence-corrected chi connectivity index (χ0v) is 12.5. The zero-order valence-electron chi connectivity index (χ0n) is 12.5. The molecule has 4 heteroatoms. The van der Waals surface area contributed by atoms with Gasteiger partial charge in [-0.25, -0.2) is 0 Å². The molecule has 3 rings (SSSR count). The second kappa shape index (κ2) is 4.74. The van der Waals surface area contributed by atoms with Gasteiger partial charge in [0.05, 0.1) is 11.7 Å². The Labute approximate surface area is 116 Å². The quantitative estimate of drug-likeness (QED) is 0.791. The van der Waals surface area contributed by atoms with Crippen LogP contribution >= 0.6 is 0 Å². The average Bonchev–Trinajstić information content (AvgIpc) is 3.25. The van der Waals surface area contributed by atoms with Gasteiger partial charge in [0.2, 0.25) is 5.91 Å². The van der Waals surface area contributed by atoms with Gasteiger partial charge in [0.25, 0.3) is 0 Å². The molecule has 3 aliphatic rings. The molecule has 2 aliphatic carbocycles. The molecule has 1 heterocycles. The number of likely N-dealkylation sites (N-methyl/N-ethyl adjacent to an activating group) is 1. The number of nitrogens with zero attached hydrogens (tertiary/aromatic N) is 2. The fourth-order valence-corrected chi connectivity index (χ4v) is 3.32. The molecule has 4 nitrogen and oxygen atoms in total. The van der Waals surface area contributed by atoms with Crippen molar-refractivity contribution in [1.29, 1.82) is 0 Å². The maximum Gasteiger partial charge on any atom is 0.244 e. The minimum atomic E-state index is -0.155. The van der Waals surface area contributed by atoms with Crippen LogP contribution in [0.2, 0.25) is 0 Å². The van der Waals surface area contributed by atoms with Crippen LogP contribution in [0, 0.1) is 0 Å². The lowest BCUT2D eigenvalue weighted by molar-refractivity contribution is -0.131. The van der Waals surface area contributed by atoms with Crippen molar-refractivity contribution >= 4 is 5.91 Å². The number of carbonyl (C=O) groups excluding carboxylic acids is 1. The first-order valence-electron chi connectivity index (χ1n) is 7.88. The third-order valence-electron chi connectivity index (χ3n) is 5.08. The summed E-state index contributed by atoms with van der Waals surface area (Å²) >= 11 is 0. The summed E-state index contributed by atoms with van der Waals surface area (Å²) in [7, 11) is 2.21. The second-order valence-electron chi connectivity index (χ2n) is 6.73. The highest BCUT2D eigenvalue weighted by Gasteiger charge is 2.58. The van der Waals surface area contributed by atoms with E-state index in [9.17, 15) is 4.79 Å². The summed E-state index contributed by atoms with van der Waals surface area (Å²) in [5.74, 6) is 0.363. The Morgan fingerprint density at radius 3 is 2.68 bits per heavy atom. The monoisotopic (exact) mass is 265 g/mol. The van der Waals surface area contributed by atoms with Crippen LogP contribution in [-0.4, -0.2) is 53.1 Å². The van der Waals surface area contributed by atoms with Gasteiger partial charge in [-0.05, 0) is 46.1 Å². The molecule has 2 saturated carbocycles. The van der Waals surface area contributed by atoms with Gasteiger partial charge in [0.15, 0.2) is 0 Å². The average molecular weight is 265 g/mol. The van der Waals surface area contributed by atoms with Crippen LogP contribution in [0.15, 0.2) is 0 Å². The molecule has 1 aliphatic heterocycles. The number of rotatable bonds is 6. The van der Waals surface area contributed by atoms with Crippen LogP contribution in [0.1, 0.15) is 52.4 Å². The van der Waals surface area contributed by atoms with Crippen molar-refractivity contribution in [3.8, 4) is 0 Å². The van der Waals surface area contributed by atoms with Crippen molar-refractivity contribution in [3.63, 3.8) is 0 Å². The van der Waals surface area contributed by atoms with E-state index in [-0.39, 0.29) is 11.7 Å². The molecule has 0 bridgehead atoms. The smallest absolute Gasteiger partial charge is 0.244 e. The molecule has 2 unspecified atom stereocenters. The molecule has 1 spiro atoms. The largest absolute Gasteiger partial charge is 0.324 e. The third-order valence-corrected chi connectivity index (χ3v) is 5.08. The van der Waals surface area contributed by atoms with Crippen molar-refractivity contribution in [2.45, 2.75) is 76.2 Å². The van der Waals surface area contributed by atoms with Crippen molar-refractivity contribution in [3.05, 3.63) is 0 Å². The highest BCUT2D eigenvalue weighted by atomic mass is 16.2. The van der Waals surface area contributed by atoms with E-state index in [0.717, 1.165) is 38.3 Å². The van der Waals surface area contributed by atoms with Gasteiger partial charge in [0.1, 0.15) is 0 Å². The Balaban J connectivity index is 1.64. The Bertz CT molecular complexity index is 362. The molecule has 1 N–H and O–H groups in total. The third kappa shape index (κ3) is 2.40. The highest BCUT2D eigenvalue weighted by molar-refractivity contribution is 5.91. The minimum Gasteiger partial charge on any atom is -0.324 e. The van der Waals surface area contributed by atoms with Gasteiger partial charge in [-0.3, -0.25) is 15.0 Å². The summed E-state index contributed by atoms with van der Waals surface area (Å²) in [6.07, 6.45) is 7.21. The molecular formula is C15H27N3O. The normalized spacial score (nSPS) is 30.4. The summed E-state index contributed by atoms with van der Waals surface area (Å²) in [6, 6.07) is 1.23. The Hall–Kier alpha value is -0.610. The van der Waals surface area contributed by atoms with Gasteiger partial charge in [-0.2, -0.15) is 0 Å². The zero-order chi connectivity index (χ0) is 13.6. The standard InChI is InChI=1S/C15H27N3O/c1-4-5-13-16-15(8-9-15)14(19)18(13)10-11(2)17(3)12-6-7-12/h11-13,16H,4-10H2,1-3H3. The minimum absolute atomic E-state index is 0.155. The van der Waals surface area contributed by atoms with Crippen LogP contribution < -0.4 is 5.32 Å². The van der Waals surface area contributed by atoms with E-state index in [0.29, 0.717) is 11.9 Å². The maximum absolute atomic E-state index is 12.6. The first-order chi connectivity index (χ1) is 9.07. The summed E-state index contributed by atoms with van der Waals surface area (Å²) < 4.78 is 0. The predicted octanol–water partition coefficient (Wildman–Crippen LogP) is 1.56. The Morgan fingerprint density at radius 2 is 2.16 bits per heavy atom. The SMILES string of the molecule is CCCC1NC2(CC2)C(=O)N1CC(C)N(C)C1CC1. The van der Waals surface area contributed by atoms with E-state index in [1.54, 1.807) is 0 Å². The van der Waals surface area contributed by atoms with E-state index in [1.165, 1.54) is 12.8 Å². The van der Waals surface area contributed by atoms with Crippen molar-refractivity contribution in [1.82, 2.24) is 15.1 Å². The lowest BCUT2D eigenvalue weighted by atomic mass is 10.2. The summed E-state index contributed by atoms with van der Waals surface area (Å²) in [4.78, 5) is 17.1. The molecule has 108 valence electrons. The number of hydrogen-bond acceptors (Lipinski definition) is 3. The lowest BCUT2D eigenvalue weighted by Gasteiger charge is -2.31. The Morgan fingerprint density at radius 1 is 1.47 bits per heavy atom. The molecule has 0 aromatic rings. The van der Waals surface area contributed by atoms with Gasteiger partial charge in [0, 0.05) is 18.6 Å². The molecule has 1 saturated heterocycles.